The molecule has 1 unspecified atom stereocenters. The zero-order valence-electron chi connectivity index (χ0n) is 12.2. The van der Waals surface area contributed by atoms with Crippen LogP contribution in [0.5, 0.6) is 0 Å². The third-order valence-electron chi connectivity index (χ3n) is 3.73. The number of amides is 1. The van der Waals surface area contributed by atoms with E-state index in [0.717, 1.165) is 12.8 Å². The van der Waals surface area contributed by atoms with Gasteiger partial charge in [-0.25, -0.2) is 17.9 Å². The molecule has 1 saturated heterocycles. The summed E-state index contributed by atoms with van der Waals surface area (Å²) in [5.74, 6) is -1.40. The molecule has 1 amide bonds. The van der Waals surface area contributed by atoms with Crippen molar-refractivity contribution < 1.29 is 23.1 Å². The number of rotatable bonds is 4. The summed E-state index contributed by atoms with van der Waals surface area (Å²) in [5, 5.41) is 9.21. The van der Waals surface area contributed by atoms with Crippen molar-refractivity contribution in [3.63, 3.8) is 0 Å². The van der Waals surface area contributed by atoms with Crippen molar-refractivity contribution in [2.75, 3.05) is 13.6 Å². The SMILES string of the molecule is CNS(=O)(=O)c1ccc(C(=O)N2CCCCC2C(=O)O)cc1. The number of aliphatic carboxylic acids is 1. The molecule has 1 aromatic rings. The predicted molar refractivity (Wildman–Crippen MR) is 79.0 cm³/mol. The molecule has 1 fully saturated rings. The number of nitrogens with zero attached hydrogens (tertiary/aromatic N) is 1. The molecule has 2 rings (SSSR count). The second-order valence-electron chi connectivity index (χ2n) is 5.08. The van der Waals surface area contributed by atoms with Crippen molar-refractivity contribution in [1.29, 1.82) is 0 Å². The molecule has 1 aliphatic heterocycles. The van der Waals surface area contributed by atoms with Crippen LogP contribution in [0.15, 0.2) is 29.2 Å². The Bertz CT molecular complexity index is 669. The van der Waals surface area contributed by atoms with Crippen LogP contribution >= 0.6 is 0 Å². The van der Waals surface area contributed by atoms with Crippen molar-refractivity contribution in [3.05, 3.63) is 29.8 Å². The minimum Gasteiger partial charge on any atom is -0.480 e. The van der Waals surface area contributed by atoms with Gasteiger partial charge in [0.1, 0.15) is 6.04 Å². The van der Waals surface area contributed by atoms with Crippen LogP contribution in [0.3, 0.4) is 0 Å². The van der Waals surface area contributed by atoms with E-state index in [1.54, 1.807) is 0 Å². The van der Waals surface area contributed by atoms with E-state index in [-0.39, 0.29) is 16.4 Å². The molecule has 0 bridgehead atoms. The Morgan fingerprint density at radius 2 is 1.86 bits per heavy atom. The summed E-state index contributed by atoms with van der Waals surface area (Å²) in [5.41, 5.74) is 0.281. The maximum Gasteiger partial charge on any atom is 0.326 e. The summed E-state index contributed by atoms with van der Waals surface area (Å²) in [6, 6.07) is 4.65. The monoisotopic (exact) mass is 326 g/mol. The molecule has 7 nitrogen and oxygen atoms in total. The fourth-order valence-electron chi connectivity index (χ4n) is 2.49. The summed E-state index contributed by atoms with van der Waals surface area (Å²) in [6.45, 7) is 0.395. The summed E-state index contributed by atoms with van der Waals surface area (Å²) in [4.78, 5) is 25.1. The molecule has 0 aromatic heterocycles. The minimum absolute atomic E-state index is 0.0555. The number of hydrogen-bond donors (Lipinski definition) is 2. The molecule has 1 aliphatic rings. The van der Waals surface area contributed by atoms with Crippen LogP contribution in [0, 0.1) is 0 Å². The van der Waals surface area contributed by atoms with Gasteiger partial charge in [-0.05, 0) is 50.6 Å². The van der Waals surface area contributed by atoms with Crippen LogP contribution in [-0.4, -0.2) is 49.9 Å². The van der Waals surface area contributed by atoms with E-state index in [1.165, 1.54) is 36.2 Å². The van der Waals surface area contributed by atoms with Crippen LogP contribution in [0.1, 0.15) is 29.6 Å². The second-order valence-corrected chi connectivity index (χ2v) is 6.97. The van der Waals surface area contributed by atoms with Gasteiger partial charge in [-0.1, -0.05) is 0 Å². The van der Waals surface area contributed by atoms with Gasteiger partial charge in [0.2, 0.25) is 10.0 Å². The number of sulfonamides is 1. The van der Waals surface area contributed by atoms with Crippen LogP contribution in [-0.2, 0) is 14.8 Å². The lowest BCUT2D eigenvalue weighted by Gasteiger charge is -2.33. The summed E-state index contributed by atoms with van der Waals surface area (Å²) in [7, 11) is -2.25. The van der Waals surface area contributed by atoms with Crippen LogP contribution in [0.2, 0.25) is 0 Å². The van der Waals surface area contributed by atoms with Gasteiger partial charge in [0.15, 0.2) is 0 Å². The number of piperidine rings is 1. The molecular formula is C14H18N2O5S. The zero-order chi connectivity index (χ0) is 16.3. The Labute approximate surface area is 129 Å². The summed E-state index contributed by atoms with van der Waals surface area (Å²) >= 11 is 0. The highest BCUT2D eigenvalue weighted by Gasteiger charge is 2.32. The number of hydrogen-bond acceptors (Lipinski definition) is 4. The van der Waals surface area contributed by atoms with Gasteiger partial charge in [0.05, 0.1) is 4.90 Å². The number of likely N-dealkylation sites (tertiary alicyclic amines) is 1. The maximum absolute atomic E-state index is 12.4. The maximum atomic E-state index is 12.4. The number of nitrogens with one attached hydrogen (secondary N) is 1. The average Bonchev–Trinajstić information content (AvgIpc) is 2.54. The van der Waals surface area contributed by atoms with Gasteiger partial charge in [0, 0.05) is 12.1 Å². The summed E-state index contributed by atoms with van der Waals surface area (Å²) in [6.07, 6.45) is 1.98. The van der Waals surface area contributed by atoms with Gasteiger partial charge in [-0.15, -0.1) is 0 Å². The number of carboxylic acids is 1. The highest BCUT2D eigenvalue weighted by molar-refractivity contribution is 7.89. The molecule has 0 aliphatic carbocycles. The number of carbonyl (C=O) groups is 2. The largest absolute Gasteiger partial charge is 0.480 e. The van der Waals surface area contributed by atoms with Gasteiger partial charge >= 0.3 is 5.97 Å². The van der Waals surface area contributed by atoms with E-state index in [9.17, 15) is 23.1 Å². The fourth-order valence-corrected chi connectivity index (χ4v) is 3.22. The minimum atomic E-state index is -3.56. The molecule has 2 N–H and O–H groups in total. The van der Waals surface area contributed by atoms with Gasteiger partial charge in [0.25, 0.3) is 5.91 Å². The molecule has 8 heteroatoms. The first-order valence-electron chi connectivity index (χ1n) is 6.94. The normalized spacial score (nSPS) is 19.0. The summed E-state index contributed by atoms with van der Waals surface area (Å²) < 4.78 is 25.5. The Balaban J connectivity index is 2.24. The first-order valence-corrected chi connectivity index (χ1v) is 8.42. The highest BCUT2D eigenvalue weighted by atomic mass is 32.2. The van der Waals surface area contributed by atoms with E-state index in [4.69, 9.17) is 0 Å². The van der Waals surface area contributed by atoms with Gasteiger partial charge < -0.3 is 10.0 Å². The first-order chi connectivity index (χ1) is 10.4. The van der Waals surface area contributed by atoms with Crippen molar-refractivity contribution in [1.82, 2.24) is 9.62 Å². The quantitative estimate of drug-likeness (QED) is 0.846. The standard InChI is InChI=1S/C14H18N2O5S/c1-15-22(20,21)11-7-5-10(6-8-11)13(17)16-9-3-2-4-12(16)14(18)19/h5-8,12,15H,2-4,9H2,1H3,(H,18,19). The molecule has 1 heterocycles. The highest BCUT2D eigenvalue weighted by Crippen LogP contribution is 2.20. The molecule has 120 valence electrons. The molecule has 0 spiro atoms. The molecular weight excluding hydrogens is 308 g/mol. The van der Waals surface area contributed by atoms with Crippen LogP contribution < -0.4 is 4.72 Å². The van der Waals surface area contributed by atoms with E-state index >= 15 is 0 Å². The molecule has 1 aromatic carbocycles. The third-order valence-corrected chi connectivity index (χ3v) is 5.16. The Hall–Kier alpha value is -1.93. The van der Waals surface area contributed by atoms with Gasteiger partial charge in [-0.2, -0.15) is 0 Å². The lowest BCUT2D eigenvalue weighted by Crippen LogP contribution is -2.47. The van der Waals surface area contributed by atoms with Crippen LogP contribution in [0.25, 0.3) is 0 Å². The van der Waals surface area contributed by atoms with E-state index in [1.807, 2.05) is 0 Å². The Kier molecular flexibility index (Phi) is 4.82. The lowest BCUT2D eigenvalue weighted by atomic mass is 10.0. The van der Waals surface area contributed by atoms with Crippen molar-refractivity contribution >= 4 is 21.9 Å². The van der Waals surface area contributed by atoms with E-state index in [0.29, 0.717) is 13.0 Å². The van der Waals surface area contributed by atoms with Crippen molar-refractivity contribution in [2.45, 2.75) is 30.2 Å². The lowest BCUT2D eigenvalue weighted by molar-refractivity contribution is -0.143. The molecule has 0 saturated carbocycles. The molecule has 0 radical (unpaired) electrons. The number of benzene rings is 1. The van der Waals surface area contributed by atoms with Crippen LogP contribution in [0.4, 0.5) is 0 Å². The third kappa shape index (κ3) is 3.28. The Morgan fingerprint density at radius 1 is 1.23 bits per heavy atom. The molecule has 1 atom stereocenters. The number of carboxylic acid groups (broad SMARTS) is 1. The average molecular weight is 326 g/mol. The predicted octanol–water partition coefficient (Wildman–Crippen LogP) is 0.674. The van der Waals surface area contributed by atoms with E-state index < -0.39 is 22.0 Å². The smallest absolute Gasteiger partial charge is 0.326 e. The van der Waals surface area contributed by atoms with Crippen molar-refractivity contribution in [3.8, 4) is 0 Å². The number of carbonyl (C=O) groups excluding carboxylic acids is 1. The zero-order valence-corrected chi connectivity index (χ0v) is 13.0. The second kappa shape index (κ2) is 6.45. The fraction of sp³-hybridized carbons (Fsp3) is 0.429. The van der Waals surface area contributed by atoms with Crippen molar-refractivity contribution in [2.24, 2.45) is 0 Å². The topological polar surface area (TPSA) is 104 Å². The Morgan fingerprint density at radius 3 is 2.41 bits per heavy atom. The molecule has 22 heavy (non-hydrogen) atoms. The van der Waals surface area contributed by atoms with E-state index in [2.05, 4.69) is 4.72 Å². The van der Waals surface area contributed by atoms with Gasteiger partial charge in [-0.3, -0.25) is 4.79 Å². The first kappa shape index (κ1) is 16.4.